The van der Waals surface area contributed by atoms with Gasteiger partial charge in [0.1, 0.15) is 0 Å². The van der Waals surface area contributed by atoms with E-state index in [-0.39, 0.29) is 0 Å². The summed E-state index contributed by atoms with van der Waals surface area (Å²) in [7, 11) is 2.74. The molecule has 0 saturated carbocycles. The van der Waals surface area contributed by atoms with Crippen LogP contribution in [0.2, 0.25) is 0 Å². The second-order valence-corrected chi connectivity index (χ2v) is 5.11. The largest absolute Gasteiger partial charge is 0.255 e. The molecule has 1 atom stereocenters. The fourth-order valence-corrected chi connectivity index (χ4v) is 3.82. The minimum atomic E-state index is -0.680. The Balaban J connectivity index is 2.44. The van der Waals surface area contributed by atoms with Gasteiger partial charge in [-0.2, -0.15) is 0 Å². The second-order valence-electron chi connectivity index (χ2n) is 1.28. The maximum Gasteiger partial charge on any atom is 0.0470 e. The smallest absolute Gasteiger partial charge is 0.0470 e. The Morgan fingerprint density at radius 1 is 1.62 bits per heavy atom. The minimum absolute atomic E-state index is 0.680. The summed E-state index contributed by atoms with van der Waals surface area (Å²) < 4.78 is 10.7. The van der Waals surface area contributed by atoms with E-state index in [1.54, 1.807) is 27.0 Å². The van der Waals surface area contributed by atoms with Gasteiger partial charge < -0.3 is 0 Å². The standard InChI is InChI=1S/C4H6OS3/c5-8-3-1-6-7-2-4-8/h1,3H,2,4H2. The summed E-state index contributed by atoms with van der Waals surface area (Å²) in [5, 5.41) is 3.65. The highest BCUT2D eigenvalue weighted by atomic mass is 33.1. The van der Waals surface area contributed by atoms with Gasteiger partial charge in [-0.1, -0.05) is 21.6 Å². The topological polar surface area (TPSA) is 17.1 Å². The molecule has 4 heteroatoms. The molecule has 0 saturated heterocycles. The Hall–Kier alpha value is 0.590. The molecule has 1 unspecified atom stereocenters. The van der Waals surface area contributed by atoms with Gasteiger partial charge >= 0.3 is 0 Å². The third kappa shape index (κ3) is 2.24. The van der Waals surface area contributed by atoms with Crippen molar-refractivity contribution < 1.29 is 4.21 Å². The number of rotatable bonds is 0. The molecule has 0 aromatic rings. The van der Waals surface area contributed by atoms with Gasteiger partial charge in [0.05, 0.1) is 0 Å². The van der Waals surface area contributed by atoms with Crippen molar-refractivity contribution in [3.05, 3.63) is 10.8 Å². The van der Waals surface area contributed by atoms with Crippen LogP contribution >= 0.6 is 21.6 Å². The van der Waals surface area contributed by atoms with Gasteiger partial charge in [0.15, 0.2) is 0 Å². The van der Waals surface area contributed by atoms with Crippen molar-refractivity contribution in [2.75, 3.05) is 11.5 Å². The van der Waals surface area contributed by atoms with Crippen molar-refractivity contribution in [2.45, 2.75) is 0 Å². The van der Waals surface area contributed by atoms with Crippen LogP contribution < -0.4 is 0 Å². The van der Waals surface area contributed by atoms with Crippen molar-refractivity contribution in [3.8, 4) is 0 Å². The van der Waals surface area contributed by atoms with Gasteiger partial charge in [-0.25, -0.2) is 0 Å². The molecular weight excluding hydrogens is 160 g/mol. The Kier molecular flexibility index (Phi) is 3.00. The maximum absolute atomic E-state index is 10.7. The Bertz CT molecular complexity index is 120. The molecule has 0 fully saturated rings. The van der Waals surface area contributed by atoms with E-state index in [1.165, 1.54) is 0 Å². The predicted octanol–water partition coefficient (Wildman–Crippen LogP) is 1.60. The molecule has 1 rings (SSSR count). The first-order valence-corrected chi connectivity index (χ1v) is 5.98. The van der Waals surface area contributed by atoms with Crippen molar-refractivity contribution in [3.63, 3.8) is 0 Å². The van der Waals surface area contributed by atoms with E-state index in [2.05, 4.69) is 0 Å². The second kappa shape index (κ2) is 3.58. The van der Waals surface area contributed by atoms with Gasteiger partial charge in [0.25, 0.3) is 0 Å². The van der Waals surface area contributed by atoms with Crippen LogP contribution in [0.3, 0.4) is 0 Å². The first-order chi connectivity index (χ1) is 3.89. The first kappa shape index (κ1) is 6.71. The lowest BCUT2D eigenvalue weighted by molar-refractivity contribution is 0.689. The zero-order chi connectivity index (χ0) is 5.82. The Labute approximate surface area is 59.2 Å². The monoisotopic (exact) mass is 166 g/mol. The fourth-order valence-electron chi connectivity index (χ4n) is 0.356. The highest BCUT2D eigenvalue weighted by Gasteiger charge is 1.97. The summed E-state index contributed by atoms with van der Waals surface area (Å²) in [5.41, 5.74) is 0. The molecule has 1 aliphatic heterocycles. The lowest BCUT2D eigenvalue weighted by atomic mass is 11.0. The molecule has 0 N–H and O–H groups in total. The van der Waals surface area contributed by atoms with E-state index >= 15 is 0 Å². The summed E-state index contributed by atoms with van der Waals surface area (Å²) in [6, 6.07) is 0. The normalized spacial score (nSPS) is 29.8. The van der Waals surface area contributed by atoms with Gasteiger partial charge in [-0.3, -0.25) is 4.21 Å². The molecule has 1 aliphatic rings. The fraction of sp³-hybridized carbons (Fsp3) is 0.500. The summed E-state index contributed by atoms with van der Waals surface area (Å²) in [6.45, 7) is 0. The van der Waals surface area contributed by atoms with Crippen LogP contribution in [-0.4, -0.2) is 15.7 Å². The highest BCUT2D eigenvalue weighted by Crippen LogP contribution is 2.24. The minimum Gasteiger partial charge on any atom is -0.255 e. The van der Waals surface area contributed by atoms with Gasteiger partial charge in [0.2, 0.25) is 0 Å². The van der Waals surface area contributed by atoms with Crippen LogP contribution in [0.5, 0.6) is 0 Å². The molecule has 46 valence electrons. The summed E-state index contributed by atoms with van der Waals surface area (Å²) in [5.74, 6) is 1.82. The Morgan fingerprint density at radius 2 is 2.50 bits per heavy atom. The van der Waals surface area contributed by atoms with Crippen LogP contribution in [0, 0.1) is 0 Å². The molecule has 0 aromatic carbocycles. The average Bonchev–Trinajstić information content (AvgIpc) is 1.94. The first-order valence-electron chi connectivity index (χ1n) is 2.22. The van der Waals surface area contributed by atoms with Crippen molar-refractivity contribution in [1.29, 1.82) is 0 Å². The molecule has 0 aliphatic carbocycles. The highest BCUT2D eigenvalue weighted by molar-refractivity contribution is 8.78. The quantitative estimate of drug-likeness (QED) is 0.509. The summed E-state index contributed by atoms with van der Waals surface area (Å²) >= 11 is 0. The van der Waals surface area contributed by atoms with Crippen LogP contribution in [-0.2, 0) is 10.8 Å². The van der Waals surface area contributed by atoms with Crippen LogP contribution in [0.15, 0.2) is 10.8 Å². The van der Waals surface area contributed by atoms with Crippen molar-refractivity contribution in [1.82, 2.24) is 0 Å². The molecule has 0 spiro atoms. The average molecular weight is 166 g/mol. The van der Waals surface area contributed by atoms with Gasteiger partial charge in [-0.15, -0.1) is 0 Å². The van der Waals surface area contributed by atoms with Crippen LogP contribution in [0.25, 0.3) is 0 Å². The van der Waals surface area contributed by atoms with Crippen LogP contribution in [0.4, 0.5) is 0 Å². The van der Waals surface area contributed by atoms with E-state index < -0.39 is 10.8 Å². The van der Waals surface area contributed by atoms with Crippen molar-refractivity contribution in [2.24, 2.45) is 0 Å². The molecule has 0 amide bonds. The van der Waals surface area contributed by atoms with Gasteiger partial charge in [-0.05, 0) is 5.41 Å². The van der Waals surface area contributed by atoms with Gasteiger partial charge in [0, 0.05) is 27.7 Å². The van der Waals surface area contributed by atoms with Crippen LogP contribution in [0.1, 0.15) is 0 Å². The Morgan fingerprint density at radius 3 is 3.38 bits per heavy atom. The summed E-state index contributed by atoms with van der Waals surface area (Å²) in [6.07, 6.45) is 0. The van der Waals surface area contributed by atoms with Crippen molar-refractivity contribution >= 4 is 32.4 Å². The maximum atomic E-state index is 10.7. The zero-order valence-corrected chi connectivity index (χ0v) is 6.65. The SMILES string of the molecule is O=S1C=CSSCC1. The number of hydrogen-bond donors (Lipinski definition) is 0. The molecule has 8 heavy (non-hydrogen) atoms. The lowest BCUT2D eigenvalue weighted by Crippen LogP contribution is -1.92. The summed E-state index contributed by atoms with van der Waals surface area (Å²) in [4.78, 5) is 0. The molecule has 0 bridgehead atoms. The third-order valence-corrected chi connectivity index (χ3v) is 4.17. The van der Waals surface area contributed by atoms with E-state index in [0.29, 0.717) is 0 Å². The van der Waals surface area contributed by atoms with E-state index in [9.17, 15) is 4.21 Å². The van der Waals surface area contributed by atoms with E-state index in [4.69, 9.17) is 0 Å². The molecule has 1 nitrogen and oxygen atoms in total. The van der Waals surface area contributed by atoms with E-state index in [0.717, 1.165) is 11.5 Å². The molecular formula is C4H6OS3. The molecule has 1 heterocycles. The predicted molar refractivity (Wildman–Crippen MR) is 42.2 cm³/mol. The molecule has 0 aromatic heterocycles. The zero-order valence-electron chi connectivity index (χ0n) is 4.20. The molecule has 0 radical (unpaired) electrons. The number of hydrogen-bond acceptors (Lipinski definition) is 3. The lowest BCUT2D eigenvalue weighted by Gasteiger charge is -1.86. The van der Waals surface area contributed by atoms with E-state index in [1.807, 2.05) is 5.41 Å². The third-order valence-electron chi connectivity index (χ3n) is 0.699.